The number of halogens is 2. The first-order valence-corrected chi connectivity index (χ1v) is 7.98. The molecule has 0 bridgehead atoms. The molecular formula is C14H14ClFN2O2S. The lowest BCUT2D eigenvalue weighted by molar-refractivity contribution is 0.564. The van der Waals surface area contributed by atoms with E-state index in [9.17, 15) is 12.8 Å². The normalized spacial score (nSPS) is 13.1. The molecule has 1 atom stereocenters. The SMILES string of the molecule is CC(NS(=O)(=O)c1cc(N)cc(F)c1)c1ccc(Cl)cc1. The fourth-order valence-corrected chi connectivity index (χ4v) is 3.28. The van der Waals surface area contributed by atoms with Crippen LogP contribution in [0.3, 0.4) is 0 Å². The molecule has 2 rings (SSSR count). The van der Waals surface area contributed by atoms with E-state index in [2.05, 4.69) is 4.72 Å². The first-order chi connectivity index (χ1) is 9.78. The summed E-state index contributed by atoms with van der Waals surface area (Å²) in [6.45, 7) is 1.68. The Morgan fingerprint density at radius 1 is 1.19 bits per heavy atom. The van der Waals surface area contributed by atoms with Crippen molar-refractivity contribution in [2.75, 3.05) is 5.73 Å². The average Bonchev–Trinajstić information content (AvgIpc) is 2.37. The van der Waals surface area contributed by atoms with Crippen molar-refractivity contribution in [2.24, 2.45) is 0 Å². The molecule has 0 saturated carbocycles. The summed E-state index contributed by atoms with van der Waals surface area (Å²) >= 11 is 5.79. The molecule has 4 nitrogen and oxygen atoms in total. The number of anilines is 1. The minimum absolute atomic E-state index is 0.0505. The summed E-state index contributed by atoms with van der Waals surface area (Å²) in [6.07, 6.45) is 0. The topological polar surface area (TPSA) is 72.2 Å². The molecule has 0 radical (unpaired) electrons. The summed E-state index contributed by atoms with van der Waals surface area (Å²) in [5.41, 5.74) is 6.26. The van der Waals surface area contributed by atoms with Crippen LogP contribution in [0.5, 0.6) is 0 Å². The fraction of sp³-hybridized carbons (Fsp3) is 0.143. The molecular weight excluding hydrogens is 315 g/mol. The highest BCUT2D eigenvalue weighted by molar-refractivity contribution is 7.89. The van der Waals surface area contributed by atoms with Gasteiger partial charge in [-0.2, -0.15) is 0 Å². The second-order valence-corrected chi connectivity index (χ2v) is 6.77. The number of nitrogen functional groups attached to an aromatic ring is 1. The van der Waals surface area contributed by atoms with Crippen LogP contribution in [0.15, 0.2) is 47.4 Å². The molecule has 3 N–H and O–H groups in total. The monoisotopic (exact) mass is 328 g/mol. The van der Waals surface area contributed by atoms with Gasteiger partial charge < -0.3 is 5.73 Å². The highest BCUT2D eigenvalue weighted by Crippen LogP contribution is 2.21. The van der Waals surface area contributed by atoms with Crippen LogP contribution in [-0.2, 0) is 10.0 Å². The van der Waals surface area contributed by atoms with Gasteiger partial charge in [0.25, 0.3) is 0 Å². The van der Waals surface area contributed by atoms with Crippen molar-refractivity contribution in [1.29, 1.82) is 0 Å². The van der Waals surface area contributed by atoms with Crippen LogP contribution >= 0.6 is 11.6 Å². The van der Waals surface area contributed by atoms with E-state index < -0.39 is 21.9 Å². The largest absolute Gasteiger partial charge is 0.399 e. The van der Waals surface area contributed by atoms with Crippen molar-refractivity contribution < 1.29 is 12.8 Å². The Morgan fingerprint density at radius 3 is 2.38 bits per heavy atom. The van der Waals surface area contributed by atoms with E-state index in [1.807, 2.05) is 0 Å². The second-order valence-electron chi connectivity index (χ2n) is 4.61. The number of sulfonamides is 1. The van der Waals surface area contributed by atoms with E-state index >= 15 is 0 Å². The Kier molecular flexibility index (Phi) is 4.51. The number of hydrogen-bond donors (Lipinski definition) is 2. The summed E-state index contributed by atoms with van der Waals surface area (Å²) in [4.78, 5) is -0.208. The molecule has 0 aromatic heterocycles. The van der Waals surface area contributed by atoms with Crippen molar-refractivity contribution in [1.82, 2.24) is 4.72 Å². The number of nitrogens with one attached hydrogen (secondary N) is 1. The molecule has 0 heterocycles. The maximum absolute atomic E-state index is 13.3. The minimum Gasteiger partial charge on any atom is -0.399 e. The predicted molar refractivity (Wildman–Crippen MR) is 81.0 cm³/mol. The van der Waals surface area contributed by atoms with Crippen molar-refractivity contribution in [3.05, 3.63) is 58.9 Å². The van der Waals surface area contributed by atoms with Gasteiger partial charge in [-0.05, 0) is 42.8 Å². The summed E-state index contributed by atoms with van der Waals surface area (Å²) in [5, 5.41) is 0.562. The Bertz CT molecular complexity index is 728. The standard InChI is InChI=1S/C14H14ClFN2O2S/c1-9(10-2-4-11(15)5-3-10)18-21(19,20)14-7-12(16)6-13(17)8-14/h2-9,18H,17H2,1H3. The maximum Gasteiger partial charge on any atom is 0.241 e. The lowest BCUT2D eigenvalue weighted by Gasteiger charge is -2.15. The van der Waals surface area contributed by atoms with E-state index in [0.29, 0.717) is 5.02 Å². The smallest absolute Gasteiger partial charge is 0.241 e. The van der Waals surface area contributed by atoms with Gasteiger partial charge in [-0.1, -0.05) is 23.7 Å². The summed E-state index contributed by atoms with van der Waals surface area (Å²) in [7, 11) is -3.87. The third-order valence-corrected chi connectivity index (χ3v) is 4.68. The zero-order valence-corrected chi connectivity index (χ0v) is 12.7. The molecule has 0 aliphatic heterocycles. The minimum atomic E-state index is -3.87. The van der Waals surface area contributed by atoms with E-state index in [1.165, 1.54) is 6.07 Å². The number of benzene rings is 2. The molecule has 2 aromatic carbocycles. The van der Waals surface area contributed by atoms with Gasteiger partial charge in [0.1, 0.15) is 5.82 Å². The zero-order valence-electron chi connectivity index (χ0n) is 11.2. The first kappa shape index (κ1) is 15.8. The molecule has 0 aliphatic carbocycles. The predicted octanol–water partition coefficient (Wildman–Crippen LogP) is 3.10. The molecule has 21 heavy (non-hydrogen) atoms. The summed E-state index contributed by atoms with van der Waals surface area (Å²) in [6, 6.07) is 9.47. The quantitative estimate of drug-likeness (QED) is 0.847. The van der Waals surface area contributed by atoms with Crippen molar-refractivity contribution in [3.63, 3.8) is 0 Å². The lowest BCUT2D eigenvalue weighted by Crippen LogP contribution is -2.27. The van der Waals surface area contributed by atoms with Gasteiger partial charge in [0.2, 0.25) is 10.0 Å². The highest BCUT2D eigenvalue weighted by Gasteiger charge is 2.19. The Balaban J connectivity index is 2.26. The molecule has 0 spiro atoms. The number of nitrogens with two attached hydrogens (primary N) is 1. The molecule has 0 aliphatic rings. The molecule has 1 unspecified atom stereocenters. The van der Waals surface area contributed by atoms with Crippen molar-refractivity contribution in [2.45, 2.75) is 17.9 Å². The van der Waals surface area contributed by atoms with Gasteiger partial charge in [-0.15, -0.1) is 0 Å². The summed E-state index contributed by atoms with van der Waals surface area (Å²) < 4.78 is 40.2. The zero-order chi connectivity index (χ0) is 15.6. The third kappa shape index (κ3) is 3.93. The molecule has 0 saturated heterocycles. The van der Waals surface area contributed by atoms with Crippen LogP contribution in [0, 0.1) is 5.82 Å². The van der Waals surface area contributed by atoms with E-state index in [4.69, 9.17) is 17.3 Å². The molecule has 0 amide bonds. The van der Waals surface area contributed by atoms with Crippen LogP contribution in [0.1, 0.15) is 18.5 Å². The van der Waals surface area contributed by atoms with Gasteiger partial charge in [0, 0.05) is 16.8 Å². The van der Waals surface area contributed by atoms with E-state index in [0.717, 1.165) is 17.7 Å². The molecule has 0 fully saturated rings. The Hall–Kier alpha value is -1.63. The van der Waals surface area contributed by atoms with Gasteiger partial charge in [-0.25, -0.2) is 17.5 Å². The van der Waals surface area contributed by atoms with Crippen LogP contribution < -0.4 is 10.5 Å². The van der Waals surface area contributed by atoms with Crippen LogP contribution in [0.4, 0.5) is 10.1 Å². The molecule has 2 aromatic rings. The molecule has 112 valence electrons. The van der Waals surface area contributed by atoms with Crippen LogP contribution in [0.2, 0.25) is 5.02 Å². The maximum atomic E-state index is 13.3. The molecule has 7 heteroatoms. The lowest BCUT2D eigenvalue weighted by atomic mass is 10.1. The van der Waals surface area contributed by atoms with Crippen molar-refractivity contribution >= 4 is 27.3 Å². The van der Waals surface area contributed by atoms with Crippen molar-refractivity contribution in [3.8, 4) is 0 Å². The van der Waals surface area contributed by atoms with Gasteiger partial charge >= 0.3 is 0 Å². The van der Waals surface area contributed by atoms with Crippen LogP contribution in [0.25, 0.3) is 0 Å². The Labute approximate surface area is 127 Å². The van der Waals surface area contributed by atoms with E-state index in [-0.39, 0.29) is 10.6 Å². The van der Waals surface area contributed by atoms with Gasteiger partial charge in [0.15, 0.2) is 0 Å². The fourth-order valence-electron chi connectivity index (χ4n) is 1.86. The first-order valence-electron chi connectivity index (χ1n) is 6.12. The number of hydrogen-bond acceptors (Lipinski definition) is 3. The highest BCUT2D eigenvalue weighted by atomic mass is 35.5. The summed E-state index contributed by atoms with van der Waals surface area (Å²) in [5.74, 6) is -0.700. The van der Waals surface area contributed by atoms with Gasteiger partial charge in [-0.3, -0.25) is 0 Å². The third-order valence-electron chi connectivity index (χ3n) is 2.91. The Morgan fingerprint density at radius 2 is 1.81 bits per heavy atom. The van der Waals surface area contributed by atoms with Crippen LogP contribution in [-0.4, -0.2) is 8.42 Å². The van der Waals surface area contributed by atoms with Gasteiger partial charge in [0.05, 0.1) is 4.90 Å². The number of rotatable bonds is 4. The average molecular weight is 329 g/mol. The second kappa shape index (κ2) is 6.01. The van der Waals surface area contributed by atoms with E-state index in [1.54, 1.807) is 31.2 Å².